The lowest BCUT2D eigenvalue weighted by Crippen LogP contribution is -2.26. The first-order chi connectivity index (χ1) is 8.26. The highest BCUT2D eigenvalue weighted by atomic mass is 16.6. The summed E-state index contributed by atoms with van der Waals surface area (Å²) < 4.78 is 4.97. The molecule has 0 heterocycles. The van der Waals surface area contributed by atoms with Crippen molar-refractivity contribution in [2.24, 2.45) is 5.41 Å². The van der Waals surface area contributed by atoms with Gasteiger partial charge in [0, 0.05) is 6.07 Å². The van der Waals surface area contributed by atoms with Gasteiger partial charge in [0.15, 0.2) is 0 Å². The molecule has 0 aromatic heterocycles. The van der Waals surface area contributed by atoms with E-state index in [1.807, 2.05) is 0 Å². The zero-order chi connectivity index (χ0) is 13.9. The molecule has 6 heteroatoms. The van der Waals surface area contributed by atoms with Crippen LogP contribution in [-0.4, -0.2) is 23.1 Å². The Kier molecular flexibility index (Phi) is 3.90. The van der Waals surface area contributed by atoms with Crippen LogP contribution in [0, 0.1) is 15.5 Å². The summed E-state index contributed by atoms with van der Waals surface area (Å²) in [5, 5.41) is 19.8. The van der Waals surface area contributed by atoms with Crippen LogP contribution in [0.4, 0.5) is 5.69 Å². The second-order valence-corrected chi connectivity index (χ2v) is 4.66. The zero-order valence-electron chi connectivity index (χ0n) is 10.5. The van der Waals surface area contributed by atoms with Crippen LogP contribution in [0.2, 0.25) is 0 Å². The second-order valence-electron chi connectivity index (χ2n) is 4.66. The first-order valence-corrected chi connectivity index (χ1v) is 5.32. The number of nitro groups is 1. The molecule has 0 spiro atoms. The summed E-state index contributed by atoms with van der Waals surface area (Å²) in [5.74, 6) is -0.603. The lowest BCUT2D eigenvalue weighted by atomic mass is 9.86. The molecule has 0 bridgehead atoms. The Morgan fingerprint density at radius 1 is 1.44 bits per heavy atom. The maximum Gasteiger partial charge on any atom is 0.309 e. The lowest BCUT2D eigenvalue weighted by Gasteiger charge is -2.19. The molecule has 1 N–H and O–H groups in total. The van der Waals surface area contributed by atoms with E-state index in [9.17, 15) is 14.9 Å². The molecule has 0 fully saturated rings. The van der Waals surface area contributed by atoms with E-state index in [0.29, 0.717) is 11.3 Å². The van der Waals surface area contributed by atoms with E-state index in [4.69, 9.17) is 9.84 Å². The standard InChI is InChI=1S/C12H15NO5/c1-12(2,11(14)15)7-8-4-9(13(16)17)6-10(5-8)18-3/h4-6H,7H2,1-3H3,(H,14,15). The minimum absolute atomic E-state index is 0.106. The number of hydrogen-bond donors (Lipinski definition) is 1. The Morgan fingerprint density at radius 2 is 2.06 bits per heavy atom. The predicted molar refractivity (Wildman–Crippen MR) is 64.8 cm³/mol. The fourth-order valence-corrected chi connectivity index (χ4v) is 1.55. The van der Waals surface area contributed by atoms with E-state index < -0.39 is 16.3 Å². The largest absolute Gasteiger partial charge is 0.496 e. The molecule has 0 aliphatic heterocycles. The zero-order valence-corrected chi connectivity index (χ0v) is 10.5. The van der Waals surface area contributed by atoms with E-state index >= 15 is 0 Å². The van der Waals surface area contributed by atoms with Gasteiger partial charge in [-0.25, -0.2) is 0 Å². The van der Waals surface area contributed by atoms with Crippen molar-refractivity contribution in [2.75, 3.05) is 7.11 Å². The van der Waals surface area contributed by atoms with Gasteiger partial charge in [-0.1, -0.05) is 0 Å². The number of ether oxygens (including phenoxy) is 1. The molecular formula is C12H15NO5. The summed E-state index contributed by atoms with van der Waals surface area (Å²) in [6.45, 7) is 3.14. The molecule has 0 aliphatic carbocycles. The SMILES string of the molecule is COc1cc(CC(C)(C)C(=O)O)cc([N+](=O)[O-])c1. The molecule has 0 saturated carbocycles. The number of hydrogen-bond acceptors (Lipinski definition) is 4. The van der Waals surface area contributed by atoms with Crippen LogP contribution in [0.1, 0.15) is 19.4 Å². The summed E-state index contributed by atoms with van der Waals surface area (Å²) >= 11 is 0. The molecule has 1 aromatic carbocycles. The van der Waals surface area contributed by atoms with Gasteiger partial charge in [-0.2, -0.15) is 0 Å². The van der Waals surface area contributed by atoms with Gasteiger partial charge in [0.05, 0.1) is 23.5 Å². The average Bonchev–Trinajstić information content (AvgIpc) is 2.27. The highest BCUT2D eigenvalue weighted by molar-refractivity contribution is 5.74. The molecule has 98 valence electrons. The Bertz CT molecular complexity index is 481. The van der Waals surface area contributed by atoms with Crippen molar-refractivity contribution in [3.8, 4) is 5.75 Å². The van der Waals surface area contributed by atoms with Gasteiger partial charge in [0.1, 0.15) is 5.75 Å². The number of carboxylic acid groups (broad SMARTS) is 1. The molecule has 0 atom stereocenters. The van der Waals surface area contributed by atoms with Crippen molar-refractivity contribution in [1.82, 2.24) is 0 Å². The third-order valence-corrected chi connectivity index (χ3v) is 2.62. The molecule has 1 rings (SSSR count). The first-order valence-electron chi connectivity index (χ1n) is 5.32. The van der Waals surface area contributed by atoms with Crippen LogP contribution < -0.4 is 4.74 Å². The number of nitrogens with zero attached hydrogens (tertiary/aromatic N) is 1. The van der Waals surface area contributed by atoms with Gasteiger partial charge < -0.3 is 9.84 Å². The second kappa shape index (κ2) is 5.03. The van der Waals surface area contributed by atoms with E-state index in [2.05, 4.69) is 0 Å². The predicted octanol–water partition coefficient (Wildman–Crippen LogP) is 2.26. The minimum Gasteiger partial charge on any atom is -0.496 e. The number of nitro benzene ring substituents is 1. The molecule has 0 radical (unpaired) electrons. The third kappa shape index (κ3) is 3.19. The van der Waals surface area contributed by atoms with Crippen molar-refractivity contribution >= 4 is 11.7 Å². The first kappa shape index (κ1) is 14.0. The maximum atomic E-state index is 11.0. The van der Waals surface area contributed by atoms with Crippen LogP contribution in [0.15, 0.2) is 18.2 Å². The molecule has 0 saturated heterocycles. The maximum absolute atomic E-state index is 11.0. The van der Waals surface area contributed by atoms with Gasteiger partial charge in [0.25, 0.3) is 5.69 Å². The number of methoxy groups -OCH3 is 1. The quantitative estimate of drug-likeness (QED) is 0.642. The molecule has 1 aromatic rings. The van der Waals surface area contributed by atoms with Gasteiger partial charge >= 0.3 is 5.97 Å². The lowest BCUT2D eigenvalue weighted by molar-refractivity contribution is -0.385. The van der Waals surface area contributed by atoms with Crippen molar-refractivity contribution in [1.29, 1.82) is 0 Å². The Labute approximate surface area is 104 Å². The molecule has 0 amide bonds. The fraction of sp³-hybridized carbons (Fsp3) is 0.417. The third-order valence-electron chi connectivity index (χ3n) is 2.62. The van der Waals surface area contributed by atoms with Crippen LogP contribution in [0.5, 0.6) is 5.75 Å². The summed E-state index contributed by atoms with van der Waals surface area (Å²) in [6, 6.07) is 4.28. The highest BCUT2D eigenvalue weighted by Gasteiger charge is 2.28. The number of benzene rings is 1. The molecule has 18 heavy (non-hydrogen) atoms. The van der Waals surface area contributed by atoms with Crippen LogP contribution in [0.3, 0.4) is 0 Å². The molecule has 0 unspecified atom stereocenters. The number of carbonyl (C=O) groups is 1. The Balaban J connectivity index is 3.13. The van der Waals surface area contributed by atoms with Crippen LogP contribution in [-0.2, 0) is 11.2 Å². The van der Waals surface area contributed by atoms with E-state index in [1.165, 1.54) is 19.2 Å². The van der Waals surface area contributed by atoms with E-state index in [0.717, 1.165) is 0 Å². The Morgan fingerprint density at radius 3 is 2.50 bits per heavy atom. The van der Waals surface area contributed by atoms with Gasteiger partial charge in [-0.3, -0.25) is 14.9 Å². The number of carboxylic acids is 1. The van der Waals surface area contributed by atoms with Gasteiger partial charge in [-0.05, 0) is 31.9 Å². The van der Waals surface area contributed by atoms with Crippen LogP contribution in [0.25, 0.3) is 0 Å². The molecule has 6 nitrogen and oxygen atoms in total. The smallest absolute Gasteiger partial charge is 0.309 e. The molecular weight excluding hydrogens is 238 g/mol. The van der Waals surface area contributed by atoms with Crippen LogP contribution >= 0.6 is 0 Å². The van der Waals surface area contributed by atoms with Crippen molar-refractivity contribution < 1.29 is 19.6 Å². The average molecular weight is 253 g/mol. The number of non-ortho nitro benzene ring substituents is 1. The number of aliphatic carboxylic acids is 1. The summed E-state index contributed by atoms with van der Waals surface area (Å²) in [6.07, 6.45) is 0.195. The highest BCUT2D eigenvalue weighted by Crippen LogP contribution is 2.28. The van der Waals surface area contributed by atoms with E-state index in [1.54, 1.807) is 19.9 Å². The summed E-state index contributed by atoms with van der Waals surface area (Å²) in [5.41, 5.74) is -0.528. The monoisotopic (exact) mass is 253 g/mol. The minimum atomic E-state index is -0.986. The van der Waals surface area contributed by atoms with Crippen molar-refractivity contribution in [2.45, 2.75) is 20.3 Å². The normalized spacial score (nSPS) is 11.1. The van der Waals surface area contributed by atoms with Gasteiger partial charge in [-0.15, -0.1) is 0 Å². The van der Waals surface area contributed by atoms with Crippen molar-refractivity contribution in [3.05, 3.63) is 33.9 Å². The number of rotatable bonds is 5. The van der Waals surface area contributed by atoms with Gasteiger partial charge in [0.2, 0.25) is 0 Å². The fourth-order valence-electron chi connectivity index (χ4n) is 1.55. The Hall–Kier alpha value is -2.11. The van der Waals surface area contributed by atoms with Crippen molar-refractivity contribution in [3.63, 3.8) is 0 Å². The topological polar surface area (TPSA) is 89.7 Å². The summed E-state index contributed by atoms with van der Waals surface area (Å²) in [7, 11) is 1.41. The van der Waals surface area contributed by atoms with E-state index in [-0.39, 0.29) is 12.1 Å². The summed E-state index contributed by atoms with van der Waals surface area (Å²) in [4.78, 5) is 21.3. The molecule has 0 aliphatic rings.